The summed E-state index contributed by atoms with van der Waals surface area (Å²) in [5, 5.41) is 0. The van der Waals surface area contributed by atoms with E-state index in [0.717, 1.165) is 12.8 Å². The molecule has 110 valence electrons. The number of esters is 1. The van der Waals surface area contributed by atoms with Crippen LogP contribution in [0.2, 0.25) is 0 Å². The van der Waals surface area contributed by atoms with Gasteiger partial charge in [-0.25, -0.2) is 4.79 Å². The molecule has 19 heavy (non-hydrogen) atoms. The first kappa shape index (κ1) is 17.9. The Morgan fingerprint density at radius 2 is 1.58 bits per heavy atom. The van der Waals surface area contributed by atoms with Crippen molar-refractivity contribution in [2.45, 2.75) is 71.6 Å². The summed E-state index contributed by atoms with van der Waals surface area (Å²) in [5.74, 6) is -0.265. The summed E-state index contributed by atoms with van der Waals surface area (Å²) in [6, 6.07) is 0. The van der Waals surface area contributed by atoms with Gasteiger partial charge in [-0.05, 0) is 32.6 Å². The summed E-state index contributed by atoms with van der Waals surface area (Å²) in [4.78, 5) is 11.1. The summed E-state index contributed by atoms with van der Waals surface area (Å²) in [6.45, 7) is 7.97. The van der Waals surface area contributed by atoms with Gasteiger partial charge in [0.15, 0.2) is 0 Å². The first-order chi connectivity index (χ1) is 9.18. The zero-order chi connectivity index (χ0) is 14.3. The predicted octanol–water partition coefficient (Wildman–Crippen LogP) is 5.19. The molecule has 0 radical (unpaired) electrons. The van der Waals surface area contributed by atoms with Crippen molar-refractivity contribution in [2.75, 3.05) is 6.61 Å². The van der Waals surface area contributed by atoms with Crippen molar-refractivity contribution in [3.05, 3.63) is 24.3 Å². The van der Waals surface area contributed by atoms with E-state index in [2.05, 4.69) is 25.7 Å². The summed E-state index contributed by atoms with van der Waals surface area (Å²) in [6.07, 6.45) is 15.5. The Bertz CT molecular complexity index is 266. The molecule has 0 aliphatic heterocycles. The van der Waals surface area contributed by atoms with Gasteiger partial charge in [0.25, 0.3) is 0 Å². The van der Waals surface area contributed by atoms with E-state index in [9.17, 15) is 4.79 Å². The third-order valence-electron chi connectivity index (χ3n) is 2.97. The van der Waals surface area contributed by atoms with E-state index in [1.165, 1.54) is 44.9 Å². The molecule has 0 aromatic rings. The molecule has 0 atom stereocenters. The van der Waals surface area contributed by atoms with Crippen molar-refractivity contribution in [2.24, 2.45) is 0 Å². The van der Waals surface area contributed by atoms with Crippen molar-refractivity contribution < 1.29 is 9.53 Å². The number of allylic oxidation sites excluding steroid dienone is 2. The highest BCUT2D eigenvalue weighted by atomic mass is 16.5. The van der Waals surface area contributed by atoms with E-state index < -0.39 is 0 Å². The molecule has 0 spiro atoms. The molecule has 0 aliphatic carbocycles. The smallest absolute Gasteiger partial charge is 0.333 e. The molecule has 0 amide bonds. The highest BCUT2D eigenvalue weighted by Crippen LogP contribution is 2.08. The van der Waals surface area contributed by atoms with Crippen LogP contribution in [0.1, 0.15) is 71.6 Å². The molecule has 0 saturated heterocycles. The molecule has 2 nitrogen and oxygen atoms in total. The second kappa shape index (κ2) is 13.4. The van der Waals surface area contributed by atoms with Crippen molar-refractivity contribution in [1.82, 2.24) is 0 Å². The van der Waals surface area contributed by atoms with E-state index in [1.54, 1.807) is 6.92 Å². The fraction of sp³-hybridized carbons (Fsp3) is 0.706. The van der Waals surface area contributed by atoms with Crippen LogP contribution in [-0.2, 0) is 9.53 Å². The van der Waals surface area contributed by atoms with Gasteiger partial charge in [-0.15, -0.1) is 0 Å². The predicted molar refractivity (Wildman–Crippen MR) is 82.1 cm³/mol. The average Bonchev–Trinajstić information content (AvgIpc) is 2.39. The topological polar surface area (TPSA) is 26.3 Å². The third kappa shape index (κ3) is 13.2. The lowest BCUT2D eigenvalue weighted by Gasteiger charge is -2.04. The van der Waals surface area contributed by atoms with Gasteiger partial charge < -0.3 is 4.74 Å². The molecular weight excluding hydrogens is 236 g/mol. The van der Waals surface area contributed by atoms with Gasteiger partial charge in [-0.1, -0.05) is 57.8 Å². The standard InChI is InChI=1S/C17H30O2/c1-4-5-6-7-8-9-10-11-12-13-14-15-19-17(18)16(2)3/h6-7H,2,4-5,8-15H2,1,3H3/b7-6+. The van der Waals surface area contributed by atoms with Gasteiger partial charge in [0, 0.05) is 5.57 Å². The largest absolute Gasteiger partial charge is 0.462 e. The Balaban J connectivity index is 3.15. The van der Waals surface area contributed by atoms with E-state index in [1.807, 2.05) is 0 Å². The van der Waals surface area contributed by atoms with Crippen LogP contribution in [0.3, 0.4) is 0 Å². The zero-order valence-electron chi connectivity index (χ0n) is 12.7. The fourth-order valence-electron chi connectivity index (χ4n) is 1.76. The van der Waals surface area contributed by atoms with E-state index in [-0.39, 0.29) is 5.97 Å². The van der Waals surface area contributed by atoms with Crippen molar-refractivity contribution in [1.29, 1.82) is 0 Å². The Kier molecular flexibility index (Phi) is 12.6. The summed E-state index contributed by atoms with van der Waals surface area (Å²) >= 11 is 0. The number of unbranched alkanes of at least 4 members (excludes halogenated alkanes) is 7. The molecular formula is C17H30O2. The van der Waals surface area contributed by atoms with E-state index in [4.69, 9.17) is 4.74 Å². The van der Waals surface area contributed by atoms with Crippen molar-refractivity contribution >= 4 is 5.97 Å². The molecule has 0 aromatic heterocycles. The maximum absolute atomic E-state index is 11.1. The van der Waals surface area contributed by atoms with Crippen LogP contribution >= 0.6 is 0 Å². The second-order valence-electron chi connectivity index (χ2n) is 5.09. The average molecular weight is 266 g/mol. The molecule has 0 N–H and O–H groups in total. The monoisotopic (exact) mass is 266 g/mol. The summed E-state index contributed by atoms with van der Waals surface area (Å²) in [7, 11) is 0. The SMILES string of the molecule is C=C(C)C(=O)OCCCCCCCC/C=C/CCC. The van der Waals surface area contributed by atoms with Gasteiger partial charge in [0.1, 0.15) is 0 Å². The first-order valence-electron chi connectivity index (χ1n) is 7.66. The minimum atomic E-state index is -0.265. The van der Waals surface area contributed by atoms with E-state index >= 15 is 0 Å². The number of hydrogen-bond donors (Lipinski definition) is 0. The first-order valence-corrected chi connectivity index (χ1v) is 7.66. The molecule has 0 fully saturated rings. The Labute approximate surface area is 118 Å². The molecule has 2 heteroatoms. The maximum atomic E-state index is 11.1. The van der Waals surface area contributed by atoms with Crippen molar-refractivity contribution in [3.8, 4) is 0 Å². The Hall–Kier alpha value is -1.05. The Morgan fingerprint density at radius 3 is 2.21 bits per heavy atom. The number of rotatable bonds is 12. The lowest BCUT2D eigenvalue weighted by Crippen LogP contribution is -2.05. The lowest BCUT2D eigenvalue weighted by atomic mass is 10.1. The quantitative estimate of drug-likeness (QED) is 0.210. The van der Waals surface area contributed by atoms with Crippen LogP contribution in [-0.4, -0.2) is 12.6 Å². The molecule has 0 aromatic carbocycles. The fourth-order valence-corrected chi connectivity index (χ4v) is 1.76. The Morgan fingerprint density at radius 1 is 1.00 bits per heavy atom. The molecule has 0 unspecified atom stereocenters. The molecule has 0 rings (SSSR count). The minimum Gasteiger partial charge on any atom is -0.462 e. The van der Waals surface area contributed by atoms with Gasteiger partial charge in [0.05, 0.1) is 6.61 Å². The van der Waals surface area contributed by atoms with Gasteiger partial charge >= 0.3 is 5.97 Å². The number of carbonyl (C=O) groups excluding carboxylic acids is 1. The number of carbonyl (C=O) groups is 1. The van der Waals surface area contributed by atoms with Crippen LogP contribution in [0.4, 0.5) is 0 Å². The van der Waals surface area contributed by atoms with Gasteiger partial charge in [0.2, 0.25) is 0 Å². The van der Waals surface area contributed by atoms with Crippen LogP contribution in [0.25, 0.3) is 0 Å². The third-order valence-corrected chi connectivity index (χ3v) is 2.97. The molecule has 0 aliphatic rings. The summed E-state index contributed by atoms with van der Waals surface area (Å²) < 4.78 is 5.04. The van der Waals surface area contributed by atoms with Crippen molar-refractivity contribution in [3.63, 3.8) is 0 Å². The second-order valence-corrected chi connectivity index (χ2v) is 5.09. The highest BCUT2D eigenvalue weighted by molar-refractivity contribution is 5.86. The summed E-state index contributed by atoms with van der Waals surface area (Å²) in [5.41, 5.74) is 0.483. The maximum Gasteiger partial charge on any atom is 0.333 e. The number of ether oxygens (including phenoxy) is 1. The zero-order valence-corrected chi connectivity index (χ0v) is 12.7. The molecule has 0 saturated carbocycles. The van der Waals surface area contributed by atoms with Crippen LogP contribution < -0.4 is 0 Å². The molecule has 0 heterocycles. The lowest BCUT2D eigenvalue weighted by molar-refractivity contribution is -0.139. The van der Waals surface area contributed by atoms with Crippen LogP contribution in [0.15, 0.2) is 24.3 Å². The van der Waals surface area contributed by atoms with Gasteiger partial charge in [-0.3, -0.25) is 0 Å². The van der Waals surface area contributed by atoms with E-state index in [0.29, 0.717) is 12.2 Å². The van der Waals surface area contributed by atoms with Crippen LogP contribution in [0, 0.1) is 0 Å². The highest BCUT2D eigenvalue weighted by Gasteiger charge is 2.01. The molecule has 0 bridgehead atoms. The van der Waals surface area contributed by atoms with Gasteiger partial charge in [-0.2, -0.15) is 0 Å². The minimum absolute atomic E-state index is 0.265. The number of hydrogen-bond acceptors (Lipinski definition) is 2. The normalized spacial score (nSPS) is 10.8. The van der Waals surface area contributed by atoms with Crippen LogP contribution in [0.5, 0.6) is 0 Å².